The molecule has 0 aliphatic heterocycles. The topological polar surface area (TPSA) is 63.7 Å². The van der Waals surface area contributed by atoms with Gasteiger partial charge in [-0.1, -0.05) is 30.0 Å². The van der Waals surface area contributed by atoms with Gasteiger partial charge in [0.25, 0.3) is 0 Å². The number of nitrogens with one attached hydrogen (secondary N) is 1. The van der Waals surface area contributed by atoms with Gasteiger partial charge in [-0.3, -0.25) is 5.10 Å². The van der Waals surface area contributed by atoms with Crippen molar-refractivity contribution < 1.29 is 13.5 Å². The van der Waals surface area contributed by atoms with Gasteiger partial charge in [-0.2, -0.15) is 0 Å². The van der Waals surface area contributed by atoms with Crippen LogP contribution in [0.25, 0.3) is 12.2 Å². The molecular weight excluding hydrogens is 426 g/mol. The predicted molar refractivity (Wildman–Crippen MR) is 114 cm³/mol. The number of aromatic amines is 1. The van der Waals surface area contributed by atoms with E-state index in [2.05, 4.69) is 20.2 Å². The Morgan fingerprint density at radius 1 is 0.967 bits per heavy atom. The van der Waals surface area contributed by atoms with Crippen molar-refractivity contribution in [2.75, 3.05) is 0 Å². The number of ether oxygens (including phenoxy) is 1. The molecule has 0 unspecified atom stereocenters. The third kappa shape index (κ3) is 5.74. The Morgan fingerprint density at radius 2 is 1.70 bits per heavy atom. The van der Waals surface area contributed by atoms with Gasteiger partial charge >= 0.3 is 0 Å². The summed E-state index contributed by atoms with van der Waals surface area (Å²) in [5, 5.41) is 10.5. The molecule has 0 saturated carbocycles. The minimum atomic E-state index is -0.294. The van der Waals surface area contributed by atoms with E-state index in [9.17, 15) is 8.78 Å². The number of hydrogen-bond acceptors (Lipinski definition) is 6. The SMILES string of the molecule is Fc1ccc(/C=C/c2nc(SCc3csc(COc4ccc(F)cc4)n3)n[nH]2)cc1. The first-order valence-electron chi connectivity index (χ1n) is 8.94. The number of benzene rings is 2. The number of H-pyrrole nitrogens is 1. The van der Waals surface area contributed by atoms with Crippen molar-refractivity contribution >= 4 is 35.3 Å². The minimum absolute atomic E-state index is 0.266. The van der Waals surface area contributed by atoms with Crippen LogP contribution in [0.3, 0.4) is 0 Å². The summed E-state index contributed by atoms with van der Waals surface area (Å²) in [6.45, 7) is 0.333. The fraction of sp³-hybridized carbons (Fsp3) is 0.0952. The Morgan fingerprint density at radius 3 is 2.47 bits per heavy atom. The zero-order valence-electron chi connectivity index (χ0n) is 15.6. The van der Waals surface area contributed by atoms with Gasteiger partial charge in [0, 0.05) is 11.1 Å². The van der Waals surface area contributed by atoms with Crippen LogP contribution in [0.15, 0.2) is 59.1 Å². The van der Waals surface area contributed by atoms with E-state index in [0.29, 0.717) is 29.1 Å². The highest BCUT2D eigenvalue weighted by molar-refractivity contribution is 7.98. The highest BCUT2D eigenvalue weighted by Gasteiger charge is 2.07. The summed E-state index contributed by atoms with van der Waals surface area (Å²) < 4.78 is 31.5. The summed E-state index contributed by atoms with van der Waals surface area (Å²) in [5.41, 5.74) is 1.79. The molecule has 0 amide bonds. The first-order chi connectivity index (χ1) is 14.6. The number of halogens is 2. The predicted octanol–water partition coefficient (Wildman–Crippen LogP) is 5.58. The van der Waals surface area contributed by atoms with Crippen LogP contribution in [0, 0.1) is 11.6 Å². The zero-order chi connectivity index (χ0) is 20.8. The van der Waals surface area contributed by atoms with Crippen molar-refractivity contribution in [3.63, 3.8) is 0 Å². The van der Waals surface area contributed by atoms with Crippen LogP contribution < -0.4 is 4.74 Å². The van der Waals surface area contributed by atoms with Crippen molar-refractivity contribution in [3.05, 3.63) is 87.6 Å². The summed E-state index contributed by atoms with van der Waals surface area (Å²) in [5.74, 6) is 1.29. The molecule has 152 valence electrons. The van der Waals surface area contributed by atoms with E-state index in [1.165, 1.54) is 47.4 Å². The molecule has 2 heterocycles. The summed E-state index contributed by atoms with van der Waals surface area (Å²) in [7, 11) is 0. The van der Waals surface area contributed by atoms with Gasteiger partial charge in [-0.15, -0.1) is 16.4 Å². The van der Waals surface area contributed by atoms with Gasteiger partial charge < -0.3 is 4.74 Å². The van der Waals surface area contributed by atoms with Crippen molar-refractivity contribution in [2.24, 2.45) is 0 Å². The lowest BCUT2D eigenvalue weighted by Crippen LogP contribution is -1.95. The smallest absolute Gasteiger partial charge is 0.209 e. The molecule has 0 aliphatic carbocycles. The van der Waals surface area contributed by atoms with Gasteiger partial charge in [-0.05, 0) is 48.0 Å². The van der Waals surface area contributed by atoms with Crippen LogP contribution in [0.4, 0.5) is 8.78 Å². The fourth-order valence-electron chi connectivity index (χ4n) is 2.44. The number of aromatic nitrogens is 4. The number of nitrogens with zero attached hydrogens (tertiary/aromatic N) is 3. The second-order valence-corrected chi connectivity index (χ2v) is 8.04. The van der Waals surface area contributed by atoms with Gasteiger partial charge in [-0.25, -0.2) is 18.7 Å². The van der Waals surface area contributed by atoms with E-state index in [-0.39, 0.29) is 11.6 Å². The van der Waals surface area contributed by atoms with E-state index in [1.807, 2.05) is 11.5 Å². The maximum absolute atomic E-state index is 12.9. The zero-order valence-corrected chi connectivity index (χ0v) is 17.2. The average molecular weight is 443 g/mol. The van der Waals surface area contributed by atoms with Crippen molar-refractivity contribution in [1.82, 2.24) is 20.2 Å². The fourth-order valence-corrected chi connectivity index (χ4v) is 3.95. The molecule has 0 saturated heterocycles. The number of thiazole rings is 1. The molecule has 0 radical (unpaired) electrons. The van der Waals surface area contributed by atoms with Crippen molar-refractivity contribution in [3.8, 4) is 5.75 Å². The molecular formula is C21H16F2N4OS2. The van der Waals surface area contributed by atoms with Gasteiger partial charge in [0.1, 0.15) is 34.8 Å². The van der Waals surface area contributed by atoms with E-state index in [0.717, 1.165) is 16.3 Å². The lowest BCUT2D eigenvalue weighted by Gasteiger charge is -2.03. The molecule has 4 aromatic rings. The van der Waals surface area contributed by atoms with Crippen LogP contribution in [0.2, 0.25) is 0 Å². The summed E-state index contributed by atoms with van der Waals surface area (Å²) in [6, 6.07) is 12.1. The van der Waals surface area contributed by atoms with Crippen LogP contribution in [0.5, 0.6) is 5.75 Å². The minimum Gasteiger partial charge on any atom is -0.486 e. The third-order valence-corrected chi connectivity index (χ3v) is 5.66. The monoisotopic (exact) mass is 442 g/mol. The van der Waals surface area contributed by atoms with Crippen LogP contribution in [0.1, 0.15) is 22.1 Å². The maximum Gasteiger partial charge on any atom is 0.209 e. The lowest BCUT2D eigenvalue weighted by atomic mass is 10.2. The Bertz CT molecular complexity index is 1120. The Hall–Kier alpha value is -3.04. The molecule has 5 nitrogen and oxygen atoms in total. The van der Waals surface area contributed by atoms with Crippen LogP contribution in [-0.4, -0.2) is 20.2 Å². The number of hydrogen-bond donors (Lipinski definition) is 1. The van der Waals surface area contributed by atoms with E-state index < -0.39 is 0 Å². The summed E-state index contributed by atoms with van der Waals surface area (Å²) in [6.07, 6.45) is 3.63. The standard InChI is InChI=1S/C21H16F2N4OS2/c22-15-4-1-14(2-5-15)3-10-19-25-21(27-26-19)30-13-17-12-29-20(24-17)11-28-18-8-6-16(23)7-9-18/h1-10,12H,11,13H2,(H,25,26,27)/b10-3+. The second kappa shape index (κ2) is 9.64. The summed E-state index contributed by atoms with van der Waals surface area (Å²) >= 11 is 2.98. The molecule has 1 N–H and O–H groups in total. The molecule has 9 heteroatoms. The van der Waals surface area contributed by atoms with Crippen molar-refractivity contribution in [2.45, 2.75) is 17.5 Å². The molecule has 30 heavy (non-hydrogen) atoms. The highest BCUT2D eigenvalue weighted by atomic mass is 32.2. The van der Waals surface area contributed by atoms with Gasteiger partial charge in [0.2, 0.25) is 5.16 Å². The molecule has 0 atom stereocenters. The van der Waals surface area contributed by atoms with Gasteiger partial charge in [0.05, 0.1) is 5.69 Å². The van der Waals surface area contributed by atoms with E-state index in [1.54, 1.807) is 30.3 Å². The number of rotatable bonds is 8. The Balaban J connectivity index is 1.27. The second-order valence-electron chi connectivity index (χ2n) is 6.15. The quantitative estimate of drug-likeness (QED) is 0.361. The molecule has 2 aromatic carbocycles. The van der Waals surface area contributed by atoms with E-state index in [4.69, 9.17) is 4.74 Å². The van der Waals surface area contributed by atoms with Crippen LogP contribution >= 0.6 is 23.1 Å². The molecule has 0 bridgehead atoms. The molecule has 4 rings (SSSR count). The first kappa shape index (κ1) is 20.2. The summed E-state index contributed by atoms with van der Waals surface area (Å²) in [4.78, 5) is 8.94. The maximum atomic E-state index is 12.9. The van der Waals surface area contributed by atoms with Gasteiger partial charge in [0.15, 0.2) is 0 Å². The largest absolute Gasteiger partial charge is 0.486 e. The Labute approximate surface area is 179 Å². The highest BCUT2D eigenvalue weighted by Crippen LogP contribution is 2.22. The molecule has 2 aromatic heterocycles. The van der Waals surface area contributed by atoms with Crippen LogP contribution in [-0.2, 0) is 12.4 Å². The first-order valence-corrected chi connectivity index (χ1v) is 10.8. The molecule has 0 aliphatic rings. The lowest BCUT2D eigenvalue weighted by molar-refractivity contribution is 0.305. The average Bonchev–Trinajstić information content (AvgIpc) is 3.41. The number of thioether (sulfide) groups is 1. The normalized spacial score (nSPS) is 11.3. The van der Waals surface area contributed by atoms with E-state index >= 15 is 0 Å². The third-order valence-electron chi connectivity index (χ3n) is 3.91. The Kier molecular flexibility index (Phi) is 6.50. The van der Waals surface area contributed by atoms with Crippen molar-refractivity contribution in [1.29, 1.82) is 0 Å². The molecule has 0 fully saturated rings. The molecule has 0 spiro atoms.